The molecule has 2 heterocycles. The van der Waals surface area contributed by atoms with Crippen LogP contribution in [0.25, 0.3) is 11.4 Å². The number of tetrazole rings is 1. The molecule has 4 rings (SSSR count). The number of carbonyl (C=O) groups excluding carboxylic acids is 1. The highest BCUT2D eigenvalue weighted by molar-refractivity contribution is 6.32. The van der Waals surface area contributed by atoms with E-state index in [0.717, 1.165) is 12.8 Å². The molecule has 0 bridgehead atoms. The summed E-state index contributed by atoms with van der Waals surface area (Å²) in [6.45, 7) is 8.78. The summed E-state index contributed by atoms with van der Waals surface area (Å²) in [6.07, 6.45) is 2.43. The third-order valence-corrected chi connectivity index (χ3v) is 5.99. The number of benzene rings is 2. The Morgan fingerprint density at radius 3 is 2.47 bits per heavy atom. The van der Waals surface area contributed by atoms with Crippen molar-refractivity contribution in [3.63, 3.8) is 0 Å². The van der Waals surface area contributed by atoms with Gasteiger partial charge in [0.15, 0.2) is 5.78 Å². The van der Waals surface area contributed by atoms with Gasteiger partial charge in [-0.25, -0.2) is 0 Å². The lowest BCUT2D eigenvalue weighted by Crippen LogP contribution is -2.57. The third-order valence-electron chi connectivity index (χ3n) is 5.70. The Bertz CT molecular complexity index is 1100. The maximum Gasteiger partial charge on any atom is 0.208 e. The summed E-state index contributed by atoms with van der Waals surface area (Å²) in [5, 5.41) is 18.1. The van der Waals surface area contributed by atoms with Gasteiger partial charge in [0.2, 0.25) is 5.82 Å². The number of halogens is 1. The van der Waals surface area contributed by atoms with Crippen molar-refractivity contribution in [2.24, 2.45) is 5.92 Å². The van der Waals surface area contributed by atoms with E-state index in [2.05, 4.69) is 53.6 Å². The average molecular weight is 454 g/mol. The molecule has 1 aliphatic rings. The van der Waals surface area contributed by atoms with Gasteiger partial charge in [-0.05, 0) is 82.0 Å². The van der Waals surface area contributed by atoms with Crippen molar-refractivity contribution >= 4 is 17.4 Å². The van der Waals surface area contributed by atoms with Crippen molar-refractivity contribution in [2.75, 3.05) is 0 Å². The number of H-pyrrole nitrogens is 1. The van der Waals surface area contributed by atoms with Gasteiger partial charge in [-0.3, -0.25) is 4.79 Å². The first-order valence-electron chi connectivity index (χ1n) is 10.7. The predicted molar refractivity (Wildman–Crippen MR) is 124 cm³/mol. The van der Waals surface area contributed by atoms with E-state index >= 15 is 0 Å². The van der Waals surface area contributed by atoms with Crippen LogP contribution in [0.4, 0.5) is 0 Å². The molecule has 1 fully saturated rings. The Hall–Kier alpha value is -2.77. The summed E-state index contributed by atoms with van der Waals surface area (Å²) in [7, 11) is 0. The zero-order valence-corrected chi connectivity index (χ0v) is 19.5. The van der Waals surface area contributed by atoms with Crippen molar-refractivity contribution in [2.45, 2.75) is 58.0 Å². The molecule has 1 aliphatic heterocycles. The van der Waals surface area contributed by atoms with E-state index in [4.69, 9.17) is 16.3 Å². The molecule has 1 saturated heterocycles. The predicted octanol–water partition coefficient (Wildman–Crippen LogP) is 5.44. The normalized spacial score (nSPS) is 17.8. The van der Waals surface area contributed by atoms with Gasteiger partial charge >= 0.3 is 0 Å². The zero-order valence-electron chi connectivity index (χ0n) is 18.8. The number of Topliss-reactive ketones (excluding diaryl/α,β-unsaturated/α-hetero) is 1. The Morgan fingerprint density at radius 1 is 1.09 bits per heavy atom. The summed E-state index contributed by atoms with van der Waals surface area (Å²) in [5.74, 6) is 1.86. The van der Waals surface area contributed by atoms with Crippen LogP contribution in [-0.4, -0.2) is 37.5 Å². The molecular formula is C24H28ClN5O2. The summed E-state index contributed by atoms with van der Waals surface area (Å²) in [5.41, 5.74) is 1.30. The molecule has 2 N–H and O–H groups in total. The van der Waals surface area contributed by atoms with Crippen LogP contribution in [0.1, 0.15) is 57.3 Å². The van der Waals surface area contributed by atoms with Gasteiger partial charge in [-0.15, -0.1) is 10.2 Å². The topological polar surface area (TPSA) is 92.8 Å². The molecule has 0 unspecified atom stereocenters. The van der Waals surface area contributed by atoms with Gasteiger partial charge in [0.05, 0.1) is 10.6 Å². The molecule has 0 radical (unpaired) electrons. The van der Waals surface area contributed by atoms with Crippen LogP contribution in [-0.2, 0) is 0 Å². The second kappa shape index (κ2) is 8.64. The van der Waals surface area contributed by atoms with Gasteiger partial charge in [-0.2, -0.15) is 5.21 Å². The SMILES string of the molecule is CC1(C)CC(CC(=O)c2ccc(Oc3ccccc3-c3nn[nH]n3)c(Cl)c2)CC(C)(C)N1. The zero-order chi connectivity index (χ0) is 22.9. The number of aromatic amines is 1. The van der Waals surface area contributed by atoms with Gasteiger partial charge in [0.1, 0.15) is 11.5 Å². The van der Waals surface area contributed by atoms with Crippen LogP contribution in [0.3, 0.4) is 0 Å². The smallest absolute Gasteiger partial charge is 0.208 e. The van der Waals surface area contributed by atoms with Crippen molar-refractivity contribution in [1.82, 2.24) is 25.9 Å². The van der Waals surface area contributed by atoms with Crippen LogP contribution in [0.15, 0.2) is 42.5 Å². The van der Waals surface area contributed by atoms with Crippen molar-refractivity contribution in [3.05, 3.63) is 53.1 Å². The number of nitrogens with one attached hydrogen (secondary N) is 2. The van der Waals surface area contributed by atoms with Crippen LogP contribution in [0.2, 0.25) is 5.02 Å². The number of hydrogen-bond acceptors (Lipinski definition) is 6. The van der Waals surface area contributed by atoms with Gasteiger partial charge < -0.3 is 10.1 Å². The fourth-order valence-corrected chi connectivity index (χ4v) is 5.17. The Balaban J connectivity index is 1.49. The molecule has 3 aromatic rings. The quantitative estimate of drug-likeness (QED) is 0.482. The minimum Gasteiger partial charge on any atom is -0.455 e. The number of para-hydroxylation sites is 1. The maximum absolute atomic E-state index is 13.0. The average Bonchev–Trinajstić information content (AvgIpc) is 3.22. The lowest BCUT2D eigenvalue weighted by Gasteiger charge is -2.46. The highest BCUT2D eigenvalue weighted by Gasteiger charge is 2.38. The van der Waals surface area contributed by atoms with E-state index in [1.165, 1.54) is 0 Å². The molecule has 0 aliphatic carbocycles. The Labute approximate surface area is 192 Å². The number of ether oxygens (including phenoxy) is 1. The molecule has 2 aromatic carbocycles. The lowest BCUT2D eigenvalue weighted by molar-refractivity contribution is 0.0864. The molecule has 1 aromatic heterocycles. The van der Waals surface area contributed by atoms with E-state index in [1.807, 2.05) is 24.3 Å². The molecule has 8 heteroatoms. The maximum atomic E-state index is 13.0. The lowest BCUT2D eigenvalue weighted by atomic mass is 9.74. The highest BCUT2D eigenvalue weighted by Crippen LogP contribution is 2.37. The Morgan fingerprint density at radius 2 is 1.81 bits per heavy atom. The second-order valence-corrected chi connectivity index (χ2v) is 10.2. The van der Waals surface area contributed by atoms with Crippen LogP contribution in [0.5, 0.6) is 11.5 Å². The summed E-state index contributed by atoms with van der Waals surface area (Å²) in [4.78, 5) is 13.0. The monoisotopic (exact) mass is 453 g/mol. The van der Waals surface area contributed by atoms with Crippen molar-refractivity contribution in [1.29, 1.82) is 0 Å². The molecule has 0 atom stereocenters. The molecule has 0 amide bonds. The molecule has 168 valence electrons. The highest BCUT2D eigenvalue weighted by atomic mass is 35.5. The number of piperidine rings is 1. The molecule has 32 heavy (non-hydrogen) atoms. The van der Waals surface area contributed by atoms with E-state index < -0.39 is 0 Å². The fourth-order valence-electron chi connectivity index (χ4n) is 4.95. The van der Waals surface area contributed by atoms with Crippen LogP contribution < -0.4 is 10.1 Å². The number of nitrogens with zero attached hydrogens (tertiary/aromatic N) is 3. The van der Waals surface area contributed by atoms with E-state index in [1.54, 1.807) is 18.2 Å². The number of hydrogen-bond donors (Lipinski definition) is 2. The van der Waals surface area contributed by atoms with Crippen LogP contribution in [0, 0.1) is 5.92 Å². The van der Waals surface area contributed by atoms with Crippen molar-refractivity contribution in [3.8, 4) is 22.9 Å². The molecule has 7 nitrogen and oxygen atoms in total. The van der Waals surface area contributed by atoms with E-state index in [9.17, 15) is 4.79 Å². The first-order valence-corrected chi connectivity index (χ1v) is 11.1. The fraction of sp³-hybridized carbons (Fsp3) is 0.417. The summed E-state index contributed by atoms with van der Waals surface area (Å²) in [6, 6.07) is 12.6. The number of aromatic nitrogens is 4. The molecule has 0 spiro atoms. The molecular weight excluding hydrogens is 426 g/mol. The van der Waals surface area contributed by atoms with E-state index in [-0.39, 0.29) is 16.9 Å². The van der Waals surface area contributed by atoms with Gasteiger partial charge in [0, 0.05) is 23.1 Å². The van der Waals surface area contributed by atoms with Gasteiger partial charge in [0.25, 0.3) is 0 Å². The van der Waals surface area contributed by atoms with Gasteiger partial charge in [-0.1, -0.05) is 23.7 Å². The minimum atomic E-state index is 0.00807. The third kappa shape index (κ3) is 5.16. The van der Waals surface area contributed by atoms with Crippen molar-refractivity contribution < 1.29 is 9.53 Å². The summed E-state index contributed by atoms with van der Waals surface area (Å²) >= 11 is 6.50. The molecule has 0 saturated carbocycles. The number of carbonyl (C=O) groups is 1. The standard InChI is InChI=1S/C24H28ClN5O2/c1-23(2)13-15(14-24(3,4)28-23)11-19(31)16-9-10-21(18(25)12-16)32-20-8-6-5-7-17(20)22-26-29-30-27-22/h5-10,12,15,28H,11,13-14H2,1-4H3,(H,26,27,29,30). The Kier molecular flexibility index (Phi) is 6.05. The number of rotatable bonds is 6. The first kappa shape index (κ1) is 22.4. The minimum absolute atomic E-state index is 0.00807. The first-order chi connectivity index (χ1) is 15.1. The largest absolute Gasteiger partial charge is 0.455 e. The van der Waals surface area contributed by atoms with Crippen LogP contribution >= 0.6 is 11.6 Å². The summed E-state index contributed by atoms with van der Waals surface area (Å²) < 4.78 is 6.03. The number of ketones is 1. The second-order valence-electron chi connectivity index (χ2n) is 9.77. The van der Waals surface area contributed by atoms with E-state index in [0.29, 0.717) is 45.8 Å².